The van der Waals surface area contributed by atoms with Crippen molar-refractivity contribution in [2.45, 2.75) is 12.8 Å². The van der Waals surface area contributed by atoms with Crippen molar-refractivity contribution >= 4 is 62.3 Å². The van der Waals surface area contributed by atoms with E-state index in [9.17, 15) is 35.1 Å². The number of nitrogens with two attached hydrogens (primary N) is 2. The van der Waals surface area contributed by atoms with E-state index in [1.54, 1.807) is 12.1 Å². The summed E-state index contributed by atoms with van der Waals surface area (Å²) < 4.78 is 0. The molecule has 1 heterocycles. The maximum Gasteiger partial charge on any atom is 0.324 e. The number of nitrogens with one attached hydrogen (secondary N) is 1. The van der Waals surface area contributed by atoms with Crippen LogP contribution in [-0.4, -0.2) is 47.6 Å². The van der Waals surface area contributed by atoms with Gasteiger partial charge in [0, 0.05) is 17.1 Å². The smallest absolute Gasteiger partial charge is 0.324 e. The number of halogens is 2. The van der Waals surface area contributed by atoms with Crippen LogP contribution in [0.1, 0.15) is 12.1 Å². The van der Waals surface area contributed by atoms with Gasteiger partial charge in [-0.25, -0.2) is 4.98 Å². The molecule has 39 heavy (non-hydrogen) atoms. The second kappa shape index (κ2) is 13.8. The summed E-state index contributed by atoms with van der Waals surface area (Å²) in [6.07, 6.45) is 1.34. The van der Waals surface area contributed by atoms with Crippen molar-refractivity contribution in [2.24, 2.45) is 0 Å². The highest BCUT2D eigenvalue weighted by Crippen LogP contribution is 2.39. The van der Waals surface area contributed by atoms with Gasteiger partial charge < -0.3 is 21.9 Å². The topological polar surface area (TPSA) is 257 Å². The third-order valence-corrected chi connectivity index (χ3v) is 5.62. The Morgan fingerprint density at radius 3 is 2.05 bits per heavy atom. The predicted octanol–water partition coefficient (Wildman–Crippen LogP) is 3.52. The Balaban J connectivity index is 0.000000293. The Labute approximate surface area is 232 Å². The number of non-ortho nitro benzene ring substituents is 1. The molecule has 0 radical (unpaired) electrons. The summed E-state index contributed by atoms with van der Waals surface area (Å²) in [5.41, 5.74) is 11.1. The van der Waals surface area contributed by atoms with Crippen molar-refractivity contribution in [3.63, 3.8) is 0 Å². The van der Waals surface area contributed by atoms with Gasteiger partial charge in [0.1, 0.15) is 5.82 Å². The average Bonchev–Trinajstić information content (AvgIpc) is 2.87. The van der Waals surface area contributed by atoms with Gasteiger partial charge in [0.25, 0.3) is 11.4 Å². The second-order valence-electron chi connectivity index (χ2n) is 7.49. The summed E-state index contributed by atoms with van der Waals surface area (Å²) in [6.45, 7) is 0.550. The molecule has 3 rings (SSSR count). The number of nitro groups is 3. The zero-order valence-electron chi connectivity index (χ0n) is 19.7. The molecule has 0 aliphatic rings. The maximum atomic E-state index is 11.2. The summed E-state index contributed by atoms with van der Waals surface area (Å²) in [5, 5.41) is 43.9. The summed E-state index contributed by atoms with van der Waals surface area (Å²) in [4.78, 5) is 47.3. The van der Waals surface area contributed by atoms with Crippen LogP contribution in [0.25, 0.3) is 11.1 Å². The molecular formula is C21H20BrClN8O8. The van der Waals surface area contributed by atoms with Crippen LogP contribution in [0, 0.1) is 30.3 Å². The number of aromatic hydroxyl groups is 1. The zero-order valence-corrected chi connectivity index (χ0v) is 22.1. The van der Waals surface area contributed by atoms with E-state index in [1.807, 2.05) is 12.1 Å². The van der Waals surface area contributed by atoms with Gasteiger partial charge in [0.05, 0.1) is 37.9 Å². The lowest BCUT2D eigenvalue weighted by atomic mass is 10.0. The second-order valence-corrected chi connectivity index (χ2v) is 8.48. The van der Waals surface area contributed by atoms with Crippen molar-refractivity contribution < 1.29 is 24.7 Å². The lowest BCUT2D eigenvalue weighted by Crippen LogP contribution is -2.25. The minimum atomic E-state index is -1.21. The number of amides is 1. The predicted molar refractivity (Wildman–Crippen MR) is 144 cm³/mol. The molecule has 206 valence electrons. The molecule has 0 saturated carbocycles. The number of benzene rings is 2. The molecule has 0 unspecified atom stereocenters. The van der Waals surface area contributed by atoms with Gasteiger partial charge in [0.15, 0.2) is 0 Å². The number of nitro benzene ring substituents is 3. The fourth-order valence-electron chi connectivity index (χ4n) is 3.16. The SMILES string of the molecule is Nc1nc(N)c(-c2ccc(Cl)cc2)c(CCCNC(=O)CBr)n1.O=[N+]([O-])c1cc([N+](=O)[O-])c(O)c([N+](=O)[O-])c1. The lowest BCUT2D eigenvalue weighted by molar-refractivity contribution is -0.404. The Kier molecular flexibility index (Phi) is 10.8. The van der Waals surface area contributed by atoms with E-state index in [4.69, 9.17) is 28.2 Å². The van der Waals surface area contributed by atoms with Crippen LogP contribution in [0.5, 0.6) is 5.75 Å². The highest BCUT2D eigenvalue weighted by atomic mass is 79.9. The lowest BCUT2D eigenvalue weighted by Gasteiger charge is -2.12. The first-order chi connectivity index (χ1) is 18.3. The quantitative estimate of drug-likeness (QED) is 0.115. The molecule has 0 bridgehead atoms. The van der Waals surface area contributed by atoms with Gasteiger partial charge in [-0.1, -0.05) is 39.7 Å². The summed E-state index contributed by atoms with van der Waals surface area (Å²) in [5.74, 6) is -0.788. The number of aromatic nitrogens is 2. The van der Waals surface area contributed by atoms with E-state index in [0.717, 1.165) is 23.2 Å². The van der Waals surface area contributed by atoms with E-state index < -0.39 is 37.6 Å². The highest BCUT2D eigenvalue weighted by Gasteiger charge is 2.30. The van der Waals surface area contributed by atoms with Gasteiger partial charge in [0.2, 0.25) is 11.9 Å². The number of aryl methyl sites for hydroxylation is 1. The molecule has 0 aliphatic carbocycles. The standard InChI is InChI=1S/C15H17BrClN5O.C6H3N3O7/c16-8-12(23)20-7-1-2-11-13(14(18)22-15(19)21-11)9-3-5-10(17)6-4-9;10-6-4(8(13)14)1-3(7(11)12)2-5(6)9(15)16/h3-6H,1-2,7-8H2,(H,20,23)(H4,18,19,21,22);1-2,10H. The summed E-state index contributed by atoms with van der Waals surface area (Å²) >= 11 is 9.03. The van der Waals surface area contributed by atoms with E-state index in [-0.39, 0.29) is 17.2 Å². The maximum absolute atomic E-state index is 11.2. The average molecular weight is 628 g/mol. The monoisotopic (exact) mass is 626 g/mol. The molecule has 6 N–H and O–H groups in total. The van der Waals surface area contributed by atoms with Crippen molar-refractivity contribution in [3.05, 3.63) is 77.5 Å². The number of hydrogen-bond donors (Lipinski definition) is 4. The number of phenols is 1. The largest absolute Gasteiger partial charge is 0.497 e. The van der Waals surface area contributed by atoms with Crippen molar-refractivity contribution in [1.29, 1.82) is 0 Å². The van der Waals surface area contributed by atoms with Crippen LogP contribution in [0.3, 0.4) is 0 Å². The molecular weight excluding hydrogens is 608 g/mol. The minimum absolute atomic E-state index is 0.0513. The van der Waals surface area contributed by atoms with Gasteiger partial charge in [-0.15, -0.1) is 0 Å². The van der Waals surface area contributed by atoms with E-state index >= 15 is 0 Å². The molecule has 3 aromatic rings. The summed E-state index contributed by atoms with van der Waals surface area (Å²) in [6, 6.07) is 8.19. The van der Waals surface area contributed by atoms with Crippen LogP contribution in [0.2, 0.25) is 5.02 Å². The van der Waals surface area contributed by atoms with E-state index in [2.05, 4.69) is 31.2 Å². The van der Waals surface area contributed by atoms with Crippen LogP contribution >= 0.6 is 27.5 Å². The van der Waals surface area contributed by atoms with Crippen LogP contribution in [-0.2, 0) is 11.2 Å². The first-order valence-corrected chi connectivity index (χ1v) is 12.2. The first-order valence-electron chi connectivity index (χ1n) is 10.7. The molecule has 0 aliphatic heterocycles. The molecule has 0 atom stereocenters. The van der Waals surface area contributed by atoms with Gasteiger partial charge in [-0.3, -0.25) is 35.1 Å². The van der Waals surface area contributed by atoms with Crippen molar-refractivity contribution in [3.8, 4) is 16.9 Å². The number of carbonyl (C=O) groups is 1. The normalized spacial score (nSPS) is 10.2. The molecule has 1 amide bonds. The summed E-state index contributed by atoms with van der Waals surface area (Å²) in [7, 11) is 0. The fraction of sp³-hybridized carbons (Fsp3) is 0.190. The number of phenolic OH excluding ortho intramolecular Hbond substituents is 1. The van der Waals surface area contributed by atoms with Crippen LogP contribution in [0.15, 0.2) is 36.4 Å². The highest BCUT2D eigenvalue weighted by molar-refractivity contribution is 9.09. The van der Waals surface area contributed by atoms with Crippen LogP contribution in [0.4, 0.5) is 28.8 Å². The van der Waals surface area contributed by atoms with Gasteiger partial charge in [-0.2, -0.15) is 4.98 Å². The molecule has 16 nitrogen and oxygen atoms in total. The number of rotatable bonds is 9. The molecule has 0 saturated heterocycles. The Morgan fingerprint density at radius 2 is 1.56 bits per heavy atom. The van der Waals surface area contributed by atoms with Gasteiger partial charge >= 0.3 is 11.4 Å². The van der Waals surface area contributed by atoms with E-state index in [1.165, 1.54) is 0 Å². The Hall–Kier alpha value is -4.64. The fourth-order valence-corrected chi connectivity index (χ4v) is 3.49. The number of alkyl halides is 1. The molecule has 0 fully saturated rings. The number of nitrogens with zero attached hydrogens (tertiary/aromatic N) is 5. The minimum Gasteiger partial charge on any atom is -0.497 e. The number of hydrogen-bond acceptors (Lipinski definition) is 12. The van der Waals surface area contributed by atoms with Gasteiger partial charge in [-0.05, 0) is 30.5 Å². The van der Waals surface area contributed by atoms with Crippen LogP contribution < -0.4 is 16.8 Å². The first kappa shape index (κ1) is 30.6. The molecule has 0 spiro atoms. The van der Waals surface area contributed by atoms with E-state index in [0.29, 0.717) is 35.9 Å². The number of nitrogen functional groups attached to an aromatic ring is 2. The van der Waals surface area contributed by atoms with Crippen molar-refractivity contribution in [2.75, 3.05) is 23.3 Å². The van der Waals surface area contributed by atoms with Crippen molar-refractivity contribution in [1.82, 2.24) is 15.3 Å². The third-order valence-electron chi connectivity index (χ3n) is 4.85. The zero-order chi connectivity index (χ0) is 29.3. The number of anilines is 2. The molecule has 2 aromatic carbocycles. The molecule has 18 heteroatoms. The number of carbonyl (C=O) groups excluding carboxylic acids is 1. The Bertz CT molecular complexity index is 1370. The molecule has 1 aromatic heterocycles. The Morgan fingerprint density at radius 1 is 1.00 bits per heavy atom. The third kappa shape index (κ3) is 8.44.